The van der Waals surface area contributed by atoms with Crippen LogP contribution in [0.3, 0.4) is 0 Å². The fraction of sp³-hybridized carbons (Fsp3) is 0.435. The molecule has 8 heteroatoms. The number of carbonyl (C=O) groups is 1. The van der Waals surface area contributed by atoms with E-state index in [1.807, 2.05) is 24.3 Å². The molecule has 7 nitrogen and oxygen atoms in total. The second-order valence-corrected chi connectivity index (χ2v) is 9.79. The van der Waals surface area contributed by atoms with Crippen LogP contribution in [0.1, 0.15) is 44.6 Å². The van der Waals surface area contributed by atoms with E-state index >= 15 is 0 Å². The molecule has 168 valence electrons. The standard InChI is InChI=1S/C23H30N2O5S/c1-17(2)19-9-5-6-10-21(19)30-16-23(26)24-20-15-18(11-12-22(20)29-3)31(27,28)25-13-7-4-8-14-25/h5-6,9-12,15,17H,4,7-8,13-14,16H2,1-3H3,(H,24,26). The number of ether oxygens (including phenoxy) is 2. The van der Waals surface area contributed by atoms with Crippen LogP contribution in [0.25, 0.3) is 0 Å². The number of hydrogen-bond acceptors (Lipinski definition) is 5. The van der Waals surface area contributed by atoms with Gasteiger partial charge in [-0.2, -0.15) is 4.31 Å². The molecule has 0 aliphatic carbocycles. The molecule has 3 rings (SSSR count). The zero-order valence-electron chi connectivity index (χ0n) is 18.3. The SMILES string of the molecule is COc1ccc(S(=O)(=O)N2CCCCC2)cc1NC(=O)COc1ccccc1C(C)C. The number of carbonyl (C=O) groups excluding carboxylic acids is 1. The van der Waals surface area contributed by atoms with Crippen LogP contribution in [0.5, 0.6) is 11.5 Å². The van der Waals surface area contributed by atoms with Crippen molar-refractivity contribution in [1.29, 1.82) is 0 Å². The Morgan fingerprint density at radius 3 is 2.45 bits per heavy atom. The van der Waals surface area contributed by atoms with Crippen molar-refractivity contribution in [3.63, 3.8) is 0 Å². The molecule has 0 unspecified atom stereocenters. The first-order valence-corrected chi connectivity index (χ1v) is 12.0. The molecule has 1 aliphatic heterocycles. The summed E-state index contributed by atoms with van der Waals surface area (Å²) in [6, 6.07) is 12.1. The molecule has 31 heavy (non-hydrogen) atoms. The molecule has 1 heterocycles. The van der Waals surface area contributed by atoms with Gasteiger partial charge in [0.15, 0.2) is 6.61 Å². The first-order valence-electron chi connectivity index (χ1n) is 10.5. The van der Waals surface area contributed by atoms with E-state index < -0.39 is 15.9 Å². The zero-order valence-corrected chi connectivity index (χ0v) is 19.1. The van der Waals surface area contributed by atoms with E-state index in [4.69, 9.17) is 9.47 Å². The monoisotopic (exact) mass is 446 g/mol. The Morgan fingerprint density at radius 2 is 1.77 bits per heavy atom. The Morgan fingerprint density at radius 1 is 1.06 bits per heavy atom. The molecule has 1 amide bonds. The topological polar surface area (TPSA) is 84.9 Å². The van der Waals surface area contributed by atoms with Gasteiger partial charge in [0.05, 0.1) is 17.7 Å². The maximum Gasteiger partial charge on any atom is 0.262 e. The predicted octanol–water partition coefficient (Wildman–Crippen LogP) is 4.01. The normalized spacial score (nSPS) is 15.0. The Labute approximate surface area is 184 Å². The Hall–Kier alpha value is -2.58. The van der Waals surface area contributed by atoms with Crippen LogP contribution >= 0.6 is 0 Å². The quantitative estimate of drug-likeness (QED) is 0.662. The van der Waals surface area contributed by atoms with Gasteiger partial charge in [-0.15, -0.1) is 0 Å². The summed E-state index contributed by atoms with van der Waals surface area (Å²) < 4.78 is 38.5. The minimum Gasteiger partial charge on any atom is -0.495 e. The highest BCUT2D eigenvalue weighted by atomic mass is 32.2. The number of nitrogens with one attached hydrogen (secondary N) is 1. The number of rotatable bonds is 8. The van der Waals surface area contributed by atoms with Crippen molar-refractivity contribution in [2.24, 2.45) is 0 Å². The van der Waals surface area contributed by atoms with Crippen molar-refractivity contribution < 1.29 is 22.7 Å². The second kappa shape index (κ2) is 10.2. The van der Waals surface area contributed by atoms with Gasteiger partial charge in [-0.05, 0) is 48.6 Å². The van der Waals surface area contributed by atoms with Gasteiger partial charge in [0.1, 0.15) is 11.5 Å². The number of benzene rings is 2. The third-order valence-electron chi connectivity index (χ3n) is 5.30. The highest BCUT2D eigenvalue weighted by Gasteiger charge is 2.27. The summed E-state index contributed by atoms with van der Waals surface area (Å²) in [5.41, 5.74) is 1.31. The lowest BCUT2D eigenvalue weighted by Crippen LogP contribution is -2.35. The van der Waals surface area contributed by atoms with Crippen LogP contribution in [0.4, 0.5) is 5.69 Å². The largest absolute Gasteiger partial charge is 0.495 e. The lowest BCUT2D eigenvalue weighted by molar-refractivity contribution is -0.118. The minimum atomic E-state index is -3.62. The van der Waals surface area contributed by atoms with Gasteiger partial charge in [0.25, 0.3) is 5.91 Å². The number of anilines is 1. The summed E-state index contributed by atoms with van der Waals surface area (Å²) in [6.07, 6.45) is 2.75. The molecule has 0 bridgehead atoms. The van der Waals surface area contributed by atoms with Crippen molar-refractivity contribution in [3.05, 3.63) is 48.0 Å². The first kappa shape index (κ1) is 23.1. The zero-order chi connectivity index (χ0) is 22.4. The van der Waals surface area contributed by atoms with Crippen LogP contribution in [0.2, 0.25) is 0 Å². The lowest BCUT2D eigenvalue weighted by Gasteiger charge is -2.26. The molecule has 0 radical (unpaired) electrons. The molecule has 0 aromatic heterocycles. The lowest BCUT2D eigenvalue weighted by atomic mass is 10.0. The van der Waals surface area contributed by atoms with Gasteiger partial charge in [-0.1, -0.05) is 38.5 Å². The molecule has 1 saturated heterocycles. The summed E-state index contributed by atoms with van der Waals surface area (Å²) >= 11 is 0. The molecule has 1 aliphatic rings. The molecular weight excluding hydrogens is 416 g/mol. The van der Waals surface area contributed by atoms with Gasteiger partial charge in [-0.3, -0.25) is 4.79 Å². The van der Waals surface area contributed by atoms with Crippen molar-refractivity contribution in [3.8, 4) is 11.5 Å². The van der Waals surface area contributed by atoms with Crippen LogP contribution < -0.4 is 14.8 Å². The van der Waals surface area contributed by atoms with Crippen LogP contribution in [-0.2, 0) is 14.8 Å². The Kier molecular flexibility index (Phi) is 7.56. The maximum absolute atomic E-state index is 13.0. The number of para-hydroxylation sites is 1. The van der Waals surface area contributed by atoms with E-state index in [2.05, 4.69) is 19.2 Å². The van der Waals surface area contributed by atoms with Gasteiger partial charge in [0.2, 0.25) is 10.0 Å². The van der Waals surface area contributed by atoms with Crippen molar-refractivity contribution in [2.75, 3.05) is 32.1 Å². The highest BCUT2D eigenvalue weighted by molar-refractivity contribution is 7.89. The average molecular weight is 447 g/mol. The van der Waals surface area contributed by atoms with Crippen LogP contribution in [-0.4, -0.2) is 45.4 Å². The molecule has 0 spiro atoms. The summed E-state index contributed by atoms with van der Waals surface area (Å²) in [4.78, 5) is 12.7. The van der Waals surface area contributed by atoms with Crippen molar-refractivity contribution >= 4 is 21.6 Å². The maximum atomic E-state index is 13.0. The van der Waals surface area contributed by atoms with E-state index in [0.717, 1.165) is 24.8 Å². The van der Waals surface area contributed by atoms with Crippen molar-refractivity contribution in [1.82, 2.24) is 4.31 Å². The van der Waals surface area contributed by atoms with E-state index in [-0.39, 0.29) is 17.4 Å². The van der Waals surface area contributed by atoms with Crippen LogP contribution in [0, 0.1) is 0 Å². The van der Waals surface area contributed by atoms with Crippen LogP contribution in [0.15, 0.2) is 47.4 Å². The summed E-state index contributed by atoms with van der Waals surface area (Å²) in [5.74, 6) is 0.898. The van der Waals surface area contributed by atoms with Gasteiger partial charge < -0.3 is 14.8 Å². The van der Waals surface area contributed by atoms with E-state index in [0.29, 0.717) is 30.3 Å². The molecule has 2 aromatic carbocycles. The van der Waals surface area contributed by atoms with Gasteiger partial charge in [-0.25, -0.2) is 8.42 Å². The molecular formula is C23H30N2O5S. The summed E-state index contributed by atoms with van der Waals surface area (Å²) in [6.45, 7) is 4.94. The molecule has 2 aromatic rings. The third-order valence-corrected chi connectivity index (χ3v) is 7.19. The van der Waals surface area contributed by atoms with Gasteiger partial charge in [0, 0.05) is 13.1 Å². The molecule has 1 N–H and O–H groups in total. The third kappa shape index (κ3) is 5.57. The number of nitrogens with zero attached hydrogens (tertiary/aromatic N) is 1. The summed E-state index contributed by atoms with van der Waals surface area (Å²) in [7, 11) is -2.15. The van der Waals surface area contributed by atoms with E-state index in [1.54, 1.807) is 6.07 Å². The Bertz CT molecular complexity index is 1010. The van der Waals surface area contributed by atoms with Gasteiger partial charge >= 0.3 is 0 Å². The van der Waals surface area contributed by atoms with E-state index in [9.17, 15) is 13.2 Å². The minimum absolute atomic E-state index is 0.136. The summed E-state index contributed by atoms with van der Waals surface area (Å²) in [5, 5.41) is 2.72. The highest BCUT2D eigenvalue weighted by Crippen LogP contribution is 2.30. The van der Waals surface area contributed by atoms with Crippen molar-refractivity contribution in [2.45, 2.75) is 43.9 Å². The number of amides is 1. The fourth-order valence-corrected chi connectivity index (χ4v) is 5.16. The second-order valence-electron chi connectivity index (χ2n) is 7.86. The molecule has 1 fully saturated rings. The first-order chi connectivity index (χ1) is 14.8. The van der Waals surface area contributed by atoms with E-state index in [1.165, 1.54) is 23.5 Å². The Balaban J connectivity index is 1.74. The predicted molar refractivity (Wildman–Crippen MR) is 120 cm³/mol. The number of methoxy groups -OCH3 is 1. The number of piperidine rings is 1. The average Bonchev–Trinajstić information content (AvgIpc) is 2.78. The smallest absolute Gasteiger partial charge is 0.262 e. The molecule has 0 atom stereocenters. The molecule has 0 saturated carbocycles. The number of sulfonamides is 1. The fourth-order valence-electron chi connectivity index (χ4n) is 3.62. The number of hydrogen-bond donors (Lipinski definition) is 1.